The SMILES string of the molecule is CCOP1(=O)/C(=C2\C(=O)c3cc(C(F)(F)F)ccc3P2(=O)OCC)C(=O)c2cc(C(F)(F)F)ccc21. The molecule has 0 saturated heterocycles. The summed E-state index contributed by atoms with van der Waals surface area (Å²) in [6, 6.07) is 3.59. The third-order valence-corrected chi connectivity index (χ3v) is 11.1. The lowest BCUT2D eigenvalue weighted by atomic mass is 10.0. The summed E-state index contributed by atoms with van der Waals surface area (Å²) < 4.78 is 118. The molecule has 0 saturated carbocycles. The monoisotopic (exact) mass is 552 g/mol. The largest absolute Gasteiger partial charge is 0.416 e. The number of carbonyl (C=O) groups excluding carboxylic acids is 2. The van der Waals surface area contributed by atoms with Gasteiger partial charge in [0.15, 0.2) is 0 Å². The van der Waals surface area contributed by atoms with Crippen molar-refractivity contribution in [3.05, 3.63) is 69.3 Å². The van der Waals surface area contributed by atoms with Crippen molar-refractivity contribution in [3.8, 4) is 0 Å². The average Bonchev–Trinajstić information content (AvgIpc) is 3.12. The van der Waals surface area contributed by atoms with E-state index in [4.69, 9.17) is 9.05 Å². The quantitative estimate of drug-likeness (QED) is 0.267. The van der Waals surface area contributed by atoms with Crippen molar-refractivity contribution in [2.75, 3.05) is 13.2 Å². The molecule has 2 aliphatic heterocycles. The fourth-order valence-electron chi connectivity index (χ4n) is 4.19. The number of Topliss-reactive ketones (excluding diaryl/α,β-unsaturated/α-hetero) is 2. The molecular weight excluding hydrogens is 536 g/mol. The number of fused-ring (bicyclic) bond motifs is 2. The zero-order chi connectivity index (χ0) is 26.8. The van der Waals surface area contributed by atoms with Crippen LogP contribution in [0.5, 0.6) is 0 Å². The molecule has 0 bridgehead atoms. The summed E-state index contributed by atoms with van der Waals surface area (Å²) in [5, 5.41) is -2.78. The molecule has 0 spiro atoms. The Kier molecular flexibility index (Phi) is 6.28. The Morgan fingerprint density at radius 1 is 0.667 bits per heavy atom. The van der Waals surface area contributed by atoms with Crippen LogP contribution in [0.4, 0.5) is 26.3 Å². The summed E-state index contributed by atoms with van der Waals surface area (Å²) in [5.74, 6) is -2.61. The molecule has 0 aliphatic carbocycles. The lowest BCUT2D eigenvalue weighted by Crippen LogP contribution is -2.12. The lowest BCUT2D eigenvalue weighted by molar-refractivity contribution is -0.138. The van der Waals surface area contributed by atoms with Crippen LogP contribution in [0.1, 0.15) is 45.7 Å². The van der Waals surface area contributed by atoms with Crippen LogP contribution < -0.4 is 10.6 Å². The van der Waals surface area contributed by atoms with Gasteiger partial charge in [-0.3, -0.25) is 18.7 Å². The maximum absolute atomic E-state index is 14.0. The van der Waals surface area contributed by atoms with E-state index in [2.05, 4.69) is 0 Å². The zero-order valence-corrected chi connectivity index (χ0v) is 20.3. The maximum atomic E-state index is 14.0. The Morgan fingerprint density at radius 2 is 1.00 bits per heavy atom. The minimum Gasteiger partial charge on any atom is -0.322 e. The van der Waals surface area contributed by atoms with E-state index < -0.39 is 82.1 Å². The first-order valence-electron chi connectivity index (χ1n) is 10.4. The molecule has 6 nitrogen and oxygen atoms in total. The van der Waals surface area contributed by atoms with Gasteiger partial charge in [-0.05, 0) is 50.2 Å². The second-order valence-corrected chi connectivity index (χ2v) is 12.3. The molecule has 2 aliphatic rings. The van der Waals surface area contributed by atoms with Gasteiger partial charge in [0, 0.05) is 11.1 Å². The van der Waals surface area contributed by atoms with Gasteiger partial charge in [0.2, 0.25) is 11.6 Å². The van der Waals surface area contributed by atoms with Crippen LogP contribution in [0.3, 0.4) is 0 Å². The first-order valence-corrected chi connectivity index (χ1v) is 13.6. The van der Waals surface area contributed by atoms with E-state index in [-0.39, 0.29) is 13.2 Å². The highest BCUT2D eigenvalue weighted by atomic mass is 31.2. The normalized spacial score (nSPS) is 25.9. The Labute approximate surface area is 200 Å². The molecule has 0 aromatic heterocycles. The third kappa shape index (κ3) is 3.82. The molecule has 192 valence electrons. The third-order valence-electron chi connectivity index (χ3n) is 5.64. The Balaban J connectivity index is 2.07. The molecule has 2 atom stereocenters. The average molecular weight is 552 g/mol. The molecule has 2 aromatic carbocycles. The number of carbonyl (C=O) groups is 2. The van der Waals surface area contributed by atoms with E-state index in [9.17, 15) is 45.1 Å². The molecule has 0 radical (unpaired) electrons. The molecule has 2 unspecified atom stereocenters. The number of halogens is 6. The summed E-state index contributed by atoms with van der Waals surface area (Å²) in [5.41, 5.74) is -3.83. The first-order chi connectivity index (χ1) is 16.6. The van der Waals surface area contributed by atoms with Crippen molar-refractivity contribution < 1.29 is 54.1 Å². The summed E-state index contributed by atoms with van der Waals surface area (Å²) in [6.07, 6.45) is -9.73. The van der Waals surface area contributed by atoms with Gasteiger partial charge in [0.1, 0.15) is 10.6 Å². The number of rotatable bonds is 4. The number of ketones is 2. The summed E-state index contributed by atoms with van der Waals surface area (Å²) in [6.45, 7) is 2.11. The first kappa shape index (κ1) is 26.5. The van der Waals surface area contributed by atoms with Gasteiger partial charge in [-0.2, -0.15) is 26.3 Å². The topological polar surface area (TPSA) is 86.7 Å². The fraction of sp³-hybridized carbons (Fsp3) is 0.273. The van der Waals surface area contributed by atoms with Gasteiger partial charge in [-0.1, -0.05) is 0 Å². The number of alkyl halides is 6. The summed E-state index contributed by atoms with van der Waals surface area (Å²) in [4.78, 5) is 26.8. The highest BCUT2D eigenvalue weighted by Gasteiger charge is 2.57. The standard InChI is InChI=1S/C22H16F6O6P2/c1-3-33-35(31)15-7-5-11(21(23,24)25)9-13(15)17(29)19(35)20-18(30)14-10-12(22(26,27)28)6-8-16(14)36(20,32)34-4-2/h5-10H,3-4H2,1-2H3/b20-19+. The highest BCUT2D eigenvalue weighted by Crippen LogP contribution is 2.70. The Bertz CT molecular complexity index is 1330. The van der Waals surface area contributed by atoms with Gasteiger partial charge >= 0.3 is 12.4 Å². The molecule has 2 aromatic rings. The fourth-order valence-corrected chi connectivity index (χ4v) is 9.77. The number of hydrogen-bond donors (Lipinski definition) is 0. The molecule has 2 heterocycles. The van der Waals surface area contributed by atoms with E-state index in [1.54, 1.807) is 0 Å². The Hall–Kier alpha value is -2.52. The minimum atomic E-state index is -4.87. The summed E-state index contributed by atoms with van der Waals surface area (Å²) in [7, 11) is -9.19. The predicted molar refractivity (Wildman–Crippen MR) is 116 cm³/mol. The molecule has 36 heavy (non-hydrogen) atoms. The predicted octanol–water partition coefficient (Wildman–Crippen LogP) is 5.91. The van der Waals surface area contributed by atoms with Gasteiger partial charge in [-0.15, -0.1) is 0 Å². The van der Waals surface area contributed by atoms with Gasteiger partial charge in [0.05, 0.1) is 34.9 Å². The van der Waals surface area contributed by atoms with Crippen LogP contribution in [-0.4, -0.2) is 24.8 Å². The van der Waals surface area contributed by atoms with Crippen molar-refractivity contribution in [1.29, 1.82) is 0 Å². The van der Waals surface area contributed by atoms with Crippen LogP contribution in [-0.2, 0) is 30.5 Å². The smallest absolute Gasteiger partial charge is 0.322 e. The van der Waals surface area contributed by atoms with Crippen molar-refractivity contribution in [1.82, 2.24) is 0 Å². The van der Waals surface area contributed by atoms with Crippen LogP contribution in [0.2, 0.25) is 0 Å². The van der Waals surface area contributed by atoms with Crippen molar-refractivity contribution in [2.45, 2.75) is 26.2 Å². The molecule has 14 heteroatoms. The van der Waals surface area contributed by atoms with E-state index in [1.165, 1.54) is 13.8 Å². The van der Waals surface area contributed by atoms with E-state index in [0.717, 1.165) is 12.1 Å². The van der Waals surface area contributed by atoms with Crippen LogP contribution >= 0.6 is 14.7 Å². The van der Waals surface area contributed by atoms with Crippen LogP contribution in [0.25, 0.3) is 0 Å². The molecular formula is C22H16F6O6P2. The second-order valence-electron chi connectivity index (χ2n) is 7.75. The molecule has 0 amide bonds. The number of hydrogen-bond acceptors (Lipinski definition) is 6. The van der Waals surface area contributed by atoms with Crippen molar-refractivity contribution in [2.24, 2.45) is 0 Å². The van der Waals surface area contributed by atoms with Crippen molar-refractivity contribution in [3.63, 3.8) is 0 Å². The van der Waals surface area contributed by atoms with E-state index >= 15 is 0 Å². The second kappa shape index (κ2) is 8.52. The van der Waals surface area contributed by atoms with E-state index in [1.807, 2.05) is 0 Å². The molecule has 0 N–H and O–H groups in total. The van der Waals surface area contributed by atoms with Gasteiger partial charge in [-0.25, -0.2) is 0 Å². The van der Waals surface area contributed by atoms with Gasteiger partial charge in [0.25, 0.3) is 14.7 Å². The van der Waals surface area contributed by atoms with E-state index in [0.29, 0.717) is 24.3 Å². The summed E-state index contributed by atoms with van der Waals surface area (Å²) >= 11 is 0. The maximum Gasteiger partial charge on any atom is 0.416 e. The van der Waals surface area contributed by atoms with Crippen molar-refractivity contribution >= 4 is 36.9 Å². The lowest BCUT2D eigenvalue weighted by Gasteiger charge is -2.19. The molecule has 0 fully saturated rings. The number of allylic oxidation sites excluding steroid dienone is 2. The van der Waals surface area contributed by atoms with Crippen LogP contribution in [0.15, 0.2) is 47.0 Å². The zero-order valence-electron chi connectivity index (χ0n) is 18.5. The Morgan fingerprint density at radius 3 is 1.28 bits per heavy atom. The van der Waals surface area contributed by atoms with Crippen LogP contribution in [0, 0.1) is 0 Å². The highest BCUT2D eigenvalue weighted by molar-refractivity contribution is 7.78. The van der Waals surface area contributed by atoms with Gasteiger partial charge < -0.3 is 9.05 Å². The number of benzene rings is 2. The minimum absolute atomic E-state index is 0.319. The molecule has 4 rings (SSSR count).